The molecule has 0 amide bonds. The molecule has 0 aromatic heterocycles. The number of benzene rings is 1. The zero-order valence-corrected chi connectivity index (χ0v) is 13.4. The van der Waals surface area contributed by atoms with Crippen LogP contribution in [0.1, 0.15) is 38.9 Å². The van der Waals surface area contributed by atoms with Crippen LogP contribution in [-0.4, -0.2) is 30.4 Å². The van der Waals surface area contributed by atoms with Gasteiger partial charge in [-0.25, -0.2) is 0 Å². The van der Waals surface area contributed by atoms with Crippen LogP contribution in [-0.2, 0) is 4.74 Å². The minimum absolute atomic E-state index is 0.262. The Morgan fingerprint density at radius 3 is 2.84 bits per heavy atom. The van der Waals surface area contributed by atoms with Gasteiger partial charge in [0.1, 0.15) is 0 Å². The fourth-order valence-electron chi connectivity index (χ4n) is 2.53. The molecule has 1 aliphatic rings. The molecule has 0 radical (unpaired) electrons. The number of nitrogens with zero attached hydrogens (tertiary/aromatic N) is 1. The van der Waals surface area contributed by atoms with Gasteiger partial charge in [0.2, 0.25) is 0 Å². The van der Waals surface area contributed by atoms with Crippen LogP contribution in [0, 0.1) is 0 Å². The number of aliphatic hydroxyl groups excluding tert-OH is 1. The molecule has 2 unspecified atom stereocenters. The summed E-state index contributed by atoms with van der Waals surface area (Å²) >= 11 is 3.55. The Bertz CT molecular complexity index is 436. The SMILES string of the molecule is CCC1COC(C)CN1c1ccc([C@H](C)O)c(Br)c1. The lowest BCUT2D eigenvalue weighted by Crippen LogP contribution is -2.48. The van der Waals surface area contributed by atoms with Gasteiger partial charge in [0.25, 0.3) is 0 Å². The largest absolute Gasteiger partial charge is 0.389 e. The van der Waals surface area contributed by atoms with Crippen LogP contribution in [0.25, 0.3) is 0 Å². The summed E-state index contributed by atoms with van der Waals surface area (Å²) in [5, 5.41) is 9.68. The van der Waals surface area contributed by atoms with Crippen LogP contribution < -0.4 is 4.90 Å². The van der Waals surface area contributed by atoms with E-state index in [1.54, 1.807) is 6.92 Å². The Morgan fingerprint density at radius 1 is 1.53 bits per heavy atom. The van der Waals surface area contributed by atoms with E-state index in [9.17, 15) is 5.11 Å². The van der Waals surface area contributed by atoms with Crippen LogP contribution >= 0.6 is 15.9 Å². The van der Waals surface area contributed by atoms with E-state index in [0.717, 1.165) is 29.6 Å². The van der Waals surface area contributed by atoms with E-state index in [2.05, 4.69) is 46.8 Å². The standard InChI is InChI=1S/C15H22BrNO2/c1-4-12-9-19-10(2)8-17(12)13-5-6-14(11(3)18)15(16)7-13/h5-7,10-12,18H,4,8-9H2,1-3H3/t10?,11-,12?/m0/s1. The molecule has 1 aromatic carbocycles. The Hall–Kier alpha value is -0.580. The number of anilines is 1. The highest BCUT2D eigenvalue weighted by molar-refractivity contribution is 9.10. The molecule has 0 saturated carbocycles. The molecule has 4 heteroatoms. The quantitative estimate of drug-likeness (QED) is 0.922. The monoisotopic (exact) mass is 327 g/mol. The first kappa shape index (κ1) is 14.8. The number of hydrogen-bond acceptors (Lipinski definition) is 3. The first-order valence-electron chi connectivity index (χ1n) is 6.88. The zero-order valence-electron chi connectivity index (χ0n) is 11.8. The number of morpholine rings is 1. The Morgan fingerprint density at radius 2 is 2.26 bits per heavy atom. The maximum absolute atomic E-state index is 9.68. The van der Waals surface area contributed by atoms with Crippen LogP contribution in [0.5, 0.6) is 0 Å². The third kappa shape index (κ3) is 3.30. The summed E-state index contributed by atoms with van der Waals surface area (Å²) in [5.41, 5.74) is 2.12. The first-order chi connectivity index (χ1) is 9.02. The minimum Gasteiger partial charge on any atom is -0.389 e. The van der Waals surface area contributed by atoms with Crippen LogP contribution in [0.15, 0.2) is 22.7 Å². The van der Waals surface area contributed by atoms with Gasteiger partial charge >= 0.3 is 0 Å². The molecule has 1 N–H and O–H groups in total. The fraction of sp³-hybridized carbons (Fsp3) is 0.600. The van der Waals surface area contributed by atoms with Crippen molar-refractivity contribution in [1.82, 2.24) is 0 Å². The van der Waals surface area contributed by atoms with Crippen molar-refractivity contribution in [2.45, 2.75) is 45.4 Å². The van der Waals surface area contributed by atoms with Gasteiger partial charge in [-0.2, -0.15) is 0 Å². The average Bonchev–Trinajstić information content (AvgIpc) is 2.38. The van der Waals surface area contributed by atoms with E-state index in [4.69, 9.17) is 4.74 Å². The summed E-state index contributed by atoms with van der Waals surface area (Å²) in [7, 11) is 0. The van der Waals surface area contributed by atoms with Gasteiger partial charge in [0.05, 0.1) is 24.9 Å². The fourth-order valence-corrected chi connectivity index (χ4v) is 3.23. The molecule has 0 bridgehead atoms. The van der Waals surface area contributed by atoms with Crippen molar-refractivity contribution in [2.24, 2.45) is 0 Å². The molecule has 3 nitrogen and oxygen atoms in total. The molecule has 19 heavy (non-hydrogen) atoms. The minimum atomic E-state index is -0.450. The third-order valence-electron chi connectivity index (χ3n) is 3.70. The lowest BCUT2D eigenvalue weighted by molar-refractivity contribution is 0.0299. The highest BCUT2D eigenvalue weighted by atomic mass is 79.9. The first-order valence-corrected chi connectivity index (χ1v) is 7.68. The van der Waals surface area contributed by atoms with Crippen molar-refractivity contribution < 1.29 is 9.84 Å². The average molecular weight is 328 g/mol. The molecule has 0 spiro atoms. The van der Waals surface area contributed by atoms with Crippen molar-refractivity contribution >= 4 is 21.6 Å². The van der Waals surface area contributed by atoms with Crippen molar-refractivity contribution in [1.29, 1.82) is 0 Å². The normalized spacial score (nSPS) is 25.4. The Kier molecular flexibility index (Phi) is 4.87. The van der Waals surface area contributed by atoms with Gasteiger partial charge in [-0.15, -0.1) is 0 Å². The summed E-state index contributed by atoms with van der Waals surface area (Å²) in [5.74, 6) is 0. The van der Waals surface area contributed by atoms with E-state index >= 15 is 0 Å². The molecular weight excluding hydrogens is 306 g/mol. The molecular formula is C15H22BrNO2. The van der Waals surface area contributed by atoms with E-state index in [0.29, 0.717) is 6.04 Å². The summed E-state index contributed by atoms with van der Waals surface area (Å²) in [6, 6.07) is 6.62. The zero-order chi connectivity index (χ0) is 14.0. The molecule has 1 aliphatic heterocycles. The smallest absolute Gasteiger partial charge is 0.0772 e. The predicted molar refractivity (Wildman–Crippen MR) is 81.6 cm³/mol. The maximum atomic E-state index is 9.68. The van der Waals surface area contributed by atoms with Crippen LogP contribution in [0.4, 0.5) is 5.69 Å². The van der Waals surface area contributed by atoms with Gasteiger partial charge < -0.3 is 14.7 Å². The van der Waals surface area contributed by atoms with E-state index < -0.39 is 6.10 Å². The Balaban J connectivity index is 2.26. The van der Waals surface area contributed by atoms with E-state index in [-0.39, 0.29) is 6.10 Å². The van der Waals surface area contributed by atoms with Crippen molar-refractivity contribution in [3.05, 3.63) is 28.2 Å². The maximum Gasteiger partial charge on any atom is 0.0772 e. The molecule has 2 rings (SSSR count). The summed E-state index contributed by atoms with van der Waals surface area (Å²) < 4.78 is 6.70. The van der Waals surface area contributed by atoms with Gasteiger partial charge in [-0.1, -0.05) is 28.9 Å². The van der Waals surface area contributed by atoms with Crippen molar-refractivity contribution in [2.75, 3.05) is 18.1 Å². The van der Waals surface area contributed by atoms with Gasteiger partial charge in [-0.05, 0) is 38.0 Å². The summed E-state index contributed by atoms with van der Waals surface area (Å²) in [6.07, 6.45) is 0.884. The van der Waals surface area contributed by atoms with Gasteiger partial charge in [0, 0.05) is 16.7 Å². The highest BCUT2D eigenvalue weighted by Gasteiger charge is 2.26. The topological polar surface area (TPSA) is 32.7 Å². The molecule has 1 fully saturated rings. The second kappa shape index (κ2) is 6.25. The van der Waals surface area contributed by atoms with E-state index in [1.807, 2.05) is 6.07 Å². The summed E-state index contributed by atoms with van der Waals surface area (Å²) in [6.45, 7) is 7.78. The lowest BCUT2D eigenvalue weighted by atomic mass is 10.1. The number of hydrogen-bond donors (Lipinski definition) is 1. The number of aliphatic hydroxyl groups is 1. The molecule has 0 aliphatic carbocycles. The molecule has 1 saturated heterocycles. The lowest BCUT2D eigenvalue weighted by Gasteiger charge is -2.40. The highest BCUT2D eigenvalue weighted by Crippen LogP contribution is 2.31. The molecule has 1 heterocycles. The van der Waals surface area contributed by atoms with Crippen molar-refractivity contribution in [3.8, 4) is 0 Å². The number of halogens is 1. The molecule has 106 valence electrons. The molecule has 1 aromatic rings. The van der Waals surface area contributed by atoms with Crippen molar-refractivity contribution in [3.63, 3.8) is 0 Å². The van der Waals surface area contributed by atoms with Crippen LogP contribution in [0.2, 0.25) is 0 Å². The third-order valence-corrected chi connectivity index (χ3v) is 4.39. The van der Waals surface area contributed by atoms with Crippen LogP contribution in [0.3, 0.4) is 0 Å². The molecule has 3 atom stereocenters. The van der Waals surface area contributed by atoms with Gasteiger partial charge in [-0.3, -0.25) is 0 Å². The predicted octanol–water partition coefficient (Wildman–Crippen LogP) is 3.51. The van der Waals surface area contributed by atoms with E-state index in [1.165, 1.54) is 5.69 Å². The number of ether oxygens (including phenoxy) is 1. The number of rotatable bonds is 3. The summed E-state index contributed by atoms with van der Waals surface area (Å²) in [4.78, 5) is 2.41. The second-order valence-electron chi connectivity index (χ2n) is 5.24. The Labute approximate surface area is 123 Å². The van der Waals surface area contributed by atoms with Gasteiger partial charge in [0.15, 0.2) is 0 Å². The second-order valence-corrected chi connectivity index (χ2v) is 6.09.